The Kier molecular flexibility index (Phi) is 4.80. The van der Waals surface area contributed by atoms with E-state index in [4.69, 9.17) is 5.11 Å². The highest BCUT2D eigenvalue weighted by molar-refractivity contribution is 5.76. The maximum absolute atomic E-state index is 11.9. The van der Waals surface area contributed by atoms with Crippen LogP contribution in [0.2, 0.25) is 0 Å². The Hall–Kier alpha value is -1.10. The van der Waals surface area contributed by atoms with Crippen molar-refractivity contribution in [3.05, 3.63) is 0 Å². The van der Waals surface area contributed by atoms with Gasteiger partial charge in [-0.3, -0.25) is 9.59 Å². The van der Waals surface area contributed by atoms with Crippen LogP contribution >= 0.6 is 0 Å². The van der Waals surface area contributed by atoms with E-state index in [1.807, 2.05) is 6.92 Å². The number of piperidine rings is 1. The van der Waals surface area contributed by atoms with Crippen molar-refractivity contribution < 1.29 is 14.7 Å². The average molecular weight is 268 g/mol. The first-order valence-corrected chi connectivity index (χ1v) is 7.30. The van der Waals surface area contributed by atoms with Gasteiger partial charge in [-0.15, -0.1) is 0 Å². The first-order chi connectivity index (χ1) is 9.02. The average Bonchev–Trinajstić information content (AvgIpc) is 2.66. The molecule has 0 aromatic carbocycles. The second-order valence-electron chi connectivity index (χ2n) is 6.08. The molecule has 2 fully saturated rings. The lowest BCUT2D eigenvalue weighted by atomic mass is 9.89. The third kappa shape index (κ3) is 4.49. The molecule has 5 nitrogen and oxygen atoms in total. The summed E-state index contributed by atoms with van der Waals surface area (Å²) < 4.78 is 0. The SMILES string of the molecule is CC(CCC(=O)O)NC(=O)CC1CC2CCC(C1)N2. The van der Waals surface area contributed by atoms with Crippen LogP contribution in [0, 0.1) is 5.92 Å². The number of hydrogen-bond acceptors (Lipinski definition) is 3. The van der Waals surface area contributed by atoms with Gasteiger partial charge < -0.3 is 15.7 Å². The summed E-state index contributed by atoms with van der Waals surface area (Å²) in [6.45, 7) is 1.87. The predicted octanol–water partition coefficient (Wildman–Crippen LogP) is 1.28. The van der Waals surface area contributed by atoms with E-state index < -0.39 is 5.97 Å². The van der Waals surface area contributed by atoms with Crippen molar-refractivity contribution in [3.8, 4) is 0 Å². The molecule has 19 heavy (non-hydrogen) atoms. The molecule has 0 aliphatic carbocycles. The number of carboxylic acid groups (broad SMARTS) is 1. The topological polar surface area (TPSA) is 78.4 Å². The largest absolute Gasteiger partial charge is 0.481 e. The van der Waals surface area contributed by atoms with Crippen molar-refractivity contribution in [3.63, 3.8) is 0 Å². The molecular weight excluding hydrogens is 244 g/mol. The number of fused-ring (bicyclic) bond motifs is 2. The molecule has 0 aromatic heterocycles. The number of rotatable bonds is 6. The van der Waals surface area contributed by atoms with Crippen LogP contribution in [0.1, 0.15) is 51.9 Å². The first-order valence-electron chi connectivity index (χ1n) is 7.30. The summed E-state index contributed by atoms with van der Waals surface area (Å²) in [5.41, 5.74) is 0. The van der Waals surface area contributed by atoms with Crippen LogP contribution in [0.4, 0.5) is 0 Å². The molecule has 0 aromatic rings. The van der Waals surface area contributed by atoms with Crippen molar-refractivity contribution in [1.82, 2.24) is 10.6 Å². The monoisotopic (exact) mass is 268 g/mol. The fourth-order valence-electron chi connectivity index (χ4n) is 3.35. The van der Waals surface area contributed by atoms with Crippen molar-refractivity contribution >= 4 is 11.9 Å². The van der Waals surface area contributed by atoms with Gasteiger partial charge in [0, 0.05) is 31.0 Å². The Morgan fingerprint density at radius 3 is 2.53 bits per heavy atom. The molecular formula is C14H24N2O3. The van der Waals surface area contributed by atoms with E-state index in [1.165, 1.54) is 12.8 Å². The minimum atomic E-state index is -0.809. The van der Waals surface area contributed by atoms with Crippen LogP contribution in [-0.4, -0.2) is 35.1 Å². The smallest absolute Gasteiger partial charge is 0.303 e. The van der Waals surface area contributed by atoms with Gasteiger partial charge in [-0.2, -0.15) is 0 Å². The third-order valence-corrected chi connectivity index (χ3v) is 4.24. The summed E-state index contributed by atoms with van der Waals surface area (Å²) in [4.78, 5) is 22.4. The van der Waals surface area contributed by atoms with Gasteiger partial charge in [0.05, 0.1) is 0 Å². The maximum atomic E-state index is 11.9. The van der Waals surface area contributed by atoms with E-state index in [9.17, 15) is 9.59 Å². The summed E-state index contributed by atoms with van der Waals surface area (Å²) in [5.74, 6) is -0.245. The Balaban J connectivity index is 1.68. The number of nitrogens with one attached hydrogen (secondary N) is 2. The van der Waals surface area contributed by atoms with Gasteiger partial charge in [0.1, 0.15) is 0 Å². The Bertz CT molecular complexity index is 334. The summed E-state index contributed by atoms with van der Waals surface area (Å²) in [6.07, 6.45) is 5.90. The van der Waals surface area contributed by atoms with Crippen molar-refractivity contribution in [2.45, 2.75) is 70.0 Å². The van der Waals surface area contributed by atoms with Crippen molar-refractivity contribution in [2.24, 2.45) is 5.92 Å². The van der Waals surface area contributed by atoms with Crippen molar-refractivity contribution in [1.29, 1.82) is 0 Å². The van der Waals surface area contributed by atoms with Crippen LogP contribution in [0.25, 0.3) is 0 Å². The van der Waals surface area contributed by atoms with Gasteiger partial charge >= 0.3 is 5.97 Å². The predicted molar refractivity (Wildman–Crippen MR) is 71.8 cm³/mol. The normalized spacial score (nSPS) is 30.9. The van der Waals surface area contributed by atoms with Gasteiger partial charge in [0.25, 0.3) is 0 Å². The van der Waals surface area contributed by atoms with Crippen LogP contribution < -0.4 is 10.6 Å². The van der Waals surface area contributed by atoms with Gasteiger partial charge in [-0.25, -0.2) is 0 Å². The standard InChI is InChI=1S/C14H24N2O3/c1-9(2-5-14(18)19)15-13(17)8-10-6-11-3-4-12(7-10)16-11/h9-12,16H,2-8H2,1H3,(H,15,17)(H,18,19). The number of carbonyl (C=O) groups excluding carboxylic acids is 1. The number of hydrogen-bond donors (Lipinski definition) is 3. The van der Waals surface area contributed by atoms with Crippen LogP contribution in [0.3, 0.4) is 0 Å². The molecule has 2 bridgehead atoms. The molecule has 3 N–H and O–H groups in total. The van der Waals surface area contributed by atoms with E-state index in [2.05, 4.69) is 10.6 Å². The zero-order chi connectivity index (χ0) is 13.8. The summed E-state index contributed by atoms with van der Waals surface area (Å²) in [7, 11) is 0. The lowest BCUT2D eigenvalue weighted by Crippen LogP contribution is -2.40. The van der Waals surface area contributed by atoms with E-state index in [0.717, 1.165) is 12.8 Å². The molecule has 1 amide bonds. The second kappa shape index (κ2) is 6.37. The van der Waals surface area contributed by atoms with E-state index in [1.54, 1.807) is 0 Å². The molecule has 3 atom stereocenters. The second-order valence-corrected chi connectivity index (χ2v) is 6.08. The third-order valence-electron chi connectivity index (χ3n) is 4.24. The van der Waals surface area contributed by atoms with Gasteiger partial charge in [-0.1, -0.05) is 0 Å². The highest BCUT2D eigenvalue weighted by atomic mass is 16.4. The number of carboxylic acids is 1. The molecule has 108 valence electrons. The lowest BCUT2D eigenvalue weighted by Gasteiger charge is -2.29. The molecule has 0 saturated carbocycles. The quantitative estimate of drug-likeness (QED) is 0.678. The molecule has 3 unspecified atom stereocenters. The number of carbonyl (C=O) groups is 2. The fourth-order valence-corrected chi connectivity index (χ4v) is 3.35. The van der Waals surface area contributed by atoms with Crippen LogP contribution in [0.15, 0.2) is 0 Å². The van der Waals surface area contributed by atoms with Gasteiger partial charge in [-0.05, 0) is 44.9 Å². The van der Waals surface area contributed by atoms with Crippen molar-refractivity contribution in [2.75, 3.05) is 0 Å². The summed E-state index contributed by atoms with van der Waals surface area (Å²) >= 11 is 0. The first kappa shape index (κ1) is 14.3. The summed E-state index contributed by atoms with van der Waals surface area (Å²) in [5, 5.41) is 15.1. The molecule has 2 saturated heterocycles. The number of aliphatic carboxylic acids is 1. The van der Waals surface area contributed by atoms with E-state index in [0.29, 0.717) is 30.8 Å². The zero-order valence-electron chi connectivity index (χ0n) is 11.5. The zero-order valence-corrected chi connectivity index (χ0v) is 11.5. The molecule has 2 heterocycles. The molecule has 5 heteroatoms. The lowest BCUT2D eigenvalue weighted by molar-refractivity contribution is -0.137. The highest BCUT2D eigenvalue weighted by Crippen LogP contribution is 2.32. The summed E-state index contributed by atoms with van der Waals surface area (Å²) in [6, 6.07) is 1.17. The molecule has 2 aliphatic rings. The number of amides is 1. The van der Waals surface area contributed by atoms with Crippen LogP contribution in [0.5, 0.6) is 0 Å². The molecule has 0 spiro atoms. The van der Waals surface area contributed by atoms with E-state index >= 15 is 0 Å². The van der Waals surface area contributed by atoms with Gasteiger partial charge in [0.2, 0.25) is 5.91 Å². The highest BCUT2D eigenvalue weighted by Gasteiger charge is 2.34. The van der Waals surface area contributed by atoms with Crippen LogP contribution in [-0.2, 0) is 9.59 Å². The minimum absolute atomic E-state index is 0.0537. The Morgan fingerprint density at radius 2 is 1.95 bits per heavy atom. The van der Waals surface area contributed by atoms with Gasteiger partial charge in [0.15, 0.2) is 0 Å². The van der Waals surface area contributed by atoms with E-state index in [-0.39, 0.29) is 18.4 Å². The fraction of sp³-hybridized carbons (Fsp3) is 0.857. The molecule has 2 aliphatic heterocycles. The maximum Gasteiger partial charge on any atom is 0.303 e. The Labute approximate surface area is 114 Å². The minimum Gasteiger partial charge on any atom is -0.481 e. The molecule has 0 radical (unpaired) electrons. The Morgan fingerprint density at radius 1 is 1.32 bits per heavy atom. The molecule has 2 rings (SSSR count).